The molecule has 19 heavy (non-hydrogen) atoms. The van der Waals surface area contributed by atoms with Crippen LogP contribution in [0.25, 0.3) is 0 Å². The first-order valence-electron chi connectivity index (χ1n) is 6.61. The number of morpholine rings is 1. The van der Waals surface area contributed by atoms with E-state index in [1.807, 2.05) is 26.0 Å². The van der Waals surface area contributed by atoms with E-state index in [0.717, 1.165) is 17.8 Å². The number of ether oxygens (including phenoxy) is 1. The minimum Gasteiger partial charge on any atom is -0.508 e. The molecule has 106 valence electrons. The first-order chi connectivity index (χ1) is 9.01. The summed E-state index contributed by atoms with van der Waals surface area (Å²) in [7, 11) is 0. The Kier molecular flexibility index (Phi) is 4.29. The molecule has 1 aliphatic heterocycles. The van der Waals surface area contributed by atoms with Gasteiger partial charge in [0.05, 0.1) is 18.8 Å². The zero-order valence-corrected chi connectivity index (χ0v) is 11.4. The summed E-state index contributed by atoms with van der Waals surface area (Å²) in [6.07, 6.45) is -0.125. The number of hydrogen-bond donors (Lipinski definition) is 3. The summed E-state index contributed by atoms with van der Waals surface area (Å²) in [5.41, 5.74) is 7.45. The van der Waals surface area contributed by atoms with Crippen LogP contribution < -0.4 is 10.6 Å². The zero-order valence-electron chi connectivity index (χ0n) is 11.4. The van der Waals surface area contributed by atoms with Crippen molar-refractivity contribution in [1.29, 1.82) is 0 Å². The second kappa shape index (κ2) is 5.77. The van der Waals surface area contributed by atoms with Gasteiger partial charge in [0.25, 0.3) is 0 Å². The molecule has 1 aromatic carbocycles. The van der Waals surface area contributed by atoms with Gasteiger partial charge in [0.1, 0.15) is 5.75 Å². The Morgan fingerprint density at radius 1 is 1.47 bits per heavy atom. The van der Waals surface area contributed by atoms with Crippen LogP contribution in [0.4, 0.5) is 5.69 Å². The normalized spacial score (nSPS) is 25.4. The van der Waals surface area contributed by atoms with E-state index < -0.39 is 0 Å². The van der Waals surface area contributed by atoms with Crippen LogP contribution in [0.5, 0.6) is 5.75 Å². The number of nitrogens with zero attached hydrogens (tertiary/aromatic N) is 1. The number of rotatable bonds is 3. The monoisotopic (exact) mass is 266 g/mol. The molecule has 1 aromatic rings. The van der Waals surface area contributed by atoms with Crippen molar-refractivity contribution in [3.05, 3.63) is 23.8 Å². The molecule has 4 N–H and O–H groups in total. The van der Waals surface area contributed by atoms with Crippen LogP contribution in [0.1, 0.15) is 25.5 Å². The van der Waals surface area contributed by atoms with E-state index in [1.54, 1.807) is 6.07 Å². The average molecular weight is 266 g/mol. The molecule has 0 spiro atoms. The van der Waals surface area contributed by atoms with Gasteiger partial charge in [-0.05, 0) is 19.9 Å². The fourth-order valence-electron chi connectivity index (χ4n) is 2.47. The molecule has 0 radical (unpaired) electrons. The number of anilines is 1. The fourth-order valence-corrected chi connectivity index (χ4v) is 2.47. The number of benzene rings is 1. The van der Waals surface area contributed by atoms with Crippen molar-refractivity contribution in [2.75, 3.05) is 24.6 Å². The van der Waals surface area contributed by atoms with Crippen LogP contribution in [-0.4, -0.2) is 42.1 Å². The van der Waals surface area contributed by atoms with Crippen molar-refractivity contribution in [1.82, 2.24) is 0 Å². The Labute approximate surface area is 113 Å². The molecular formula is C14H22N2O3. The molecule has 3 atom stereocenters. The highest BCUT2D eigenvalue weighted by molar-refractivity contribution is 5.54. The lowest BCUT2D eigenvalue weighted by Crippen LogP contribution is -2.48. The molecule has 0 amide bonds. The van der Waals surface area contributed by atoms with E-state index in [0.29, 0.717) is 6.54 Å². The first kappa shape index (κ1) is 14.1. The van der Waals surface area contributed by atoms with Gasteiger partial charge in [-0.3, -0.25) is 0 Å². The maximum absolute atomic E-state index is 9.99. The summed E-state index contributed by atoms with van der Waals surface area (Å²) < 4.78 is 5.61. The van der Waals surface area contributed by atoms with Gasteiger partial charge in [-0.2, -0.15) is 0 Å². The smallest absolute Gasteiger partial charge is 0.122 e. The molecule has 0 bridgehead atoms. The number of aromatic hydroxyl groups is 1. The van der Waals surface area contributed by atoms with Crippen LogP contribution >= 0.6 is 0 Å². The lowest BCUT2D eigenvalue weighted by molar-refractivity contribution is -0.0421. The fraction of sp³-hybridized carbons (Fsp3) is 0.571. The number of hydrogen-bond acceptors (Lipinski definition) is 5. The largest absolute Gasteiger partial charge is 0.508 e. The summed E-state index contributed by atoms with van der Waals surface area (Å²) in [6.45, 7) is 5.19. The zero-order chi connectivity index (χ0) is 14.0. The third-order valence-electron chi connectivity index (χ3n) is 3.40. The second-order valence-electron chi connectivity index (χ2n) is 5.19. The van der Waals surface area contributed by atoms with Crippen LogP contribution in [0, 0.1) is 0 Å². The van der Waals surface area contributed by atoms with Crippen molar-refractivity contribution < 1.29 is 14.9 Å². The van der Waals surface area contributed by atoms with Gasteiger partial charge in [-0.15, -0.1) is 0 Å². The molecule has 1 saturated heterocycles. The molecular weight excluding hydrogens is 244 g/mol. The van der Waals surface area contributed by atoms with Crippen LogP contribution in [0.15, 0.2) is 18.2 Å². The molecule has 5 nitrogen and oxygen atoms in total. The lowest BCUT2D eigenvalue weighted by Gasteiger charge is -2.37. The highest BCUT2D eigenvalue weighted by Crippen LogP contribution is 2.29. The predicted molar refractivity (Wildman–Crippen MR) is 74.3 cm³/mol. The Morgan fingerprint density at radius 3 is 2.79 bits per heavy atom. The van der Waals surface area contributed by atoms with Crippen molar-refractivity contribution in [2.24, 2.45) is 5.73 Å². The summed E-state index contributed by atoms with van der Waals surface area (Å²) in [5.74, 6) is 0.215. The van der Waals surface area contributed by atoms with Gasteiger partial charge in [0.15, 0.2) is 0 Å². The summed E-state index contributed by atoms with van der Waals surface area (Å²) >= 11 is 0. The van der Waals surface area contributed by atoms with Gasteiger partial charge < -0.3 is 25.6 Å². The van der Waals surface area contributed by atoms with Crippen LogP contribution in [-0.2, 0) is 4.74 Å². The van der Waals surface area contributed by atoms with E-state index in [2.05, 4.69) is 4.90 Å². The van der Waals surface area contributed by atoms with Gasteiger partial charge in [0.2, 0.25) is 0 Å². The SMILES string of the molecule is CC1CN(c2ccc(C(C)N)c(O)c2)CC(CO)O1. The Hall–Kier alpha value is -1.30. The highest BCUT2D eigenvalue weighted by atomic mass is 16.5. The molecule has 0 aromatic heterocycles. The number of aliphatic hydroxyl groups is 1. The number of phenolic OH excluding ortho intramolecular Hbond substituents is 1. The van der Waals surface area contributed by atoms with E-state index in [-0.39, 0.29) is 30.6 Å². The quantitative estimate of drug-likeness (QED) is 0.760. The van der Waals surface area contributed by atoms with Crippen molar-refractivity contribution in [3.63, 3.8) is 0 Å². The molecule has 0 saturated carbocycles. The maximum Gasteiger partial charge on any atom is 0.122 e. The molecule has 1 aliphatic rings. The number of nitrogens with two attached hydrogens (primary N) is 1. The summed E-state index contributed by atoms with van der Waals surface area (Å²) in [4.78, 5) is 2.11. The molecule has 1 heterocycles. The van der Waals surface area contributed by atoms with E-state index in [9.17, 15) is 10.2 Å². The molecule has 2 rings (SSSR count). The molecule has 5 heteroatoms. The van der Waals surface area contributed by atoms with E-state index in [4.69, 9.17) is 10.5 Å². The first-order valence-corrected chi connectivity index (χ1v) is 6.61. The van der Waals surface area contributed by atoms with E-state index in [1.165, 1.54) is 0 Å². The third-order valence-corrected chi connectivity index (χ3v) is 3.40. The Bertz CT molecular complexity index is 437. The van der Waals surface area contributed by atoms with Crippen molar-refractivity contribution in [2.45, 2.75) is 32.1 Å². The molecule has 0 aliphatic carbocycles. The standard InChI is InChI=1S/C14H22N2O3/c1-9-6-16(7-12(8-17)19-9)11-3-4-13(10(2)15)14(18)5-11/h3-5,9-10,12,17-18H,6-8,15H2,1-2H3. The van der Waals surface area contributed by atoms with Crippen LogP contribution in [0.2, 0.25) is 0 Å². The topological polar surface area (TPSA) is 79.0 Å². The Morgan fingerprint density at radius 2 is 2.21 bits per heavy atom. The molecule has 1 fully saturated rings. The average Bonchev–Trinajstić information content (AvgIpc) is 2.37. The van der Waals surface area contributed by atoms with E-state index >= 15 is 0 Å². The summed E-state index contributed by atoms with van der Waals surface area (Å²) in [5, 5.41) is 19.2. The predicted octanol–water partition coefficient (Wildman–Crippen LogP) is 0.998. The third kappa shape index (κ3) is 3.18. The Balaban J connectivity index is 2.19. The van der Waals surface area contributed by atoms with Crippen molar-refractivity contribution >= 4 is 5.69 Å². The highest BCUT2D eigenvalue weighted by Gasteiger charge is 2.25. The minimum atomic E-state index is -0.192. The van der Waals surface area contributed by atoms with Gasteiger partial charge in [-0.25, -0.2) is 0 Å². The van der Waals surface area contributed by atoms with Gasteiger partial charge in [-0.1, -0.05) is 6.07 Å². The number of aliphatic hydroxyl groups excluding tert-OH is 1. The number of phenols is 1. The maximum atomic E-state index is 9.99. The lowest BCUT2D eigenvalue weighted by atomic mass is 10.1. The second-order valence-corrected chi connectivity index (χ2v) is 5.19. The van der Waals surface area contributed by atoms with Crippen LogP contribution in [0.3, 0.4) is 0 Å². The summed E-state index contributed by atoms with van der Waals surface area (Å²) in [6, 6.07) is 5.34. The minimum absolute atomic E-state index is 0.00470. The van der Waals surface area contributed by atoms with Gasteiger partial charge >= 0.3 is 0 Å². The molecule has 3 unspecified atom stereocenters. The van der Waals surface area contributed by atoms with Gasteiger partial charge in [0, 0.05) is 36.4 Å². The van der Waals surface area contributed by atoms with Crippen molar-refractivity contribution in [3.8, 4) is 5.75 Å².